The van der Waals surface area contributed by atoms with E-state index >= 15 is 0 Å². The number of benzene rings is 1. The standard InChI is InChI=1S/C23H30I3N5O11/c1-2-11(38)29-19-17(25)14(20(41)27-3-12(39)30-22(5-32,6-33)7-34)16(24)15(18(19)26)21(42)28-4-13(40)31-23(8-35,9-36)10-37/h2,32-37H,1,3-10H2,(H,27,41)(H,28,42)(H,29,38)(H,30,39)(H,31,40). The molecule has 0 saturated carbocycles. The van der Waals surface area contributed by atoms with Crippen LogP contribution in [0.3, 0.4) is 0 Å². The smallest absolute Gasteiger partial charge is 0.253 e. The van der Waals surface area contributed by atoms with E-state index in [4.69, 9.17) is 0 Å². The molecule has 0 unspecified atom stereocenters. The lowest BCUT2D eigenvalue weighted by Crippen LogP contribution is -2.58. The highest BCUT2D eigenvalue weighted by atomic mass is 127. The highest BCUT2D eigenvalue weighted by Gasteiger charge is 2.33. The molecule has 16 nitrogen and oxygen atoms in total. The van der Waals surface area contributed by atoms with E-state index < -0.39 is 93.3 Å². The van der Waals surface area contributed by atoms with E-state index in [1.807, 2.05) is 0 Å². The Hall–Kier alpha value is -1.74. The predicted octanol–water partition coefficient (Wildman–Crippen LogP) is -3.25. The molecule has 0 spiro atoms. The number of aliphatic hydroxyl groups excluding tert-OH is 6. The van der Waals surface area contributed by atoms with E-state index in [-0.39, 0.29) is 27.5 Å². The lowest BCUT2D eigenvalue weighted by atomic mass is 10.0. The number of carbonyl (C=O) groups is 5. The number of carbonyl (C=O) groups excluding carboxylic acids is 5. The van der Waals surface area contributed by atoms with Crippen LogP contribution in [0, 0.1) is 10.7 Å². The Balaban J connectivity index is 3.38. The van der Waals surface area contributed by atoms with E-state index in [9.17, 15) is 54.6 Å². The molecule has 1 rings (SSSR count). The van der Waals surface area contributed by atoms with Gasteiger partial charge in [0.1, 0.15) is 11.1 Å². The molecule has 0 atom stereocenters. The fraction of sp³-hybridized carbons (Fsp3) is 0.435. The number of rotatable bonds is 16. The van der Waals surface area contributed by atoms with E-state index in [0.717, 1.165) is 6.08 Å². The summed E-state index contributed by atoms with van der Waals surface area (Å²) < 4.78 is 0.468. The van der Waals surface area contributed by atoms with Crippen molar-refractivity contribution < 1.29 is 54.6 Å². The van der Waals surface area contributed by atoms with Crippen LogP contribution in [-0.2, 0) is 14.4 Å². The van der Waals surface area contributed by atoms with Crippen LogP contribution in [-0.4, -0.2) is 124 Å². The topological polar surface area (TPSA) is 267 Å². The van der Waals surface area contributed by atoms with Gasteiger partial charge < -0.3 is 57.2 Å². The van der Waals surface area contributed by atoms with Crippen molar-refractivity contribution in [1.82, 2.24) is 21.3 Å². The lowest BCUT2D eigenvalue weighted by molar-refractivity contribution is -0.125. The van der Waals surface area contributed by atoms with Crippen molar-refractivity contribution in [3.63, 3.8) is 0 Å². The maximum absolute atomic E-state index is 13.2. The summed E-state index contributed by atoms with van der Waals surface area (Å²) >= 11 is 5.25. The van der Waals surface area contributed by atoms with Crippen LogP contribution in [0.15, 0.2) is 12.7 Å². The largest absolute Gasteiger partial charge is 0.394 e. The second-order valence-electron chi connectivity index (χ2n) is 8.73. The molecule has 42 heavy (non-hydrogen) atoms. The second kappa shape index (κ2) is 17.5. The van der Waals surface area contributed by atoms with E-state index in [2.05, 4.69) is 33.2 Å². The van der Waals surface area contributed by atoms with Crippen LogP contribution in [0.2, 0.25) is 0 Å². The predicted molar refractivity (Wildman–Crippen MR) is 172 cm³/mol. The van der Waals surface area contributed by atoms with Gasteiger partial charge in [0.25, 0.3) is 11.8 Å². The number of hydrogen-bond acceptors (Lipinski definition) is 11. The number of hydrogen-bond donors (Lipinski definition) is 11. The average molecular weight is 933 g/mol. The molecule has 0 fully saturated rings. The van der Waals surface area contributed by atoms with Gasteiger partial charge in [0.15, 0.2) is 0 Å². The molecule has 19 heteroatoms. The third-order valence-electron chi connectivity index (χ3n) is 5.65. The van der Waals surface area contributed by atoms with Gasteiger partial charge in [-0.25, -0.2) is 0 Å². The molecular weight excluding hydrogens is 903 g/mol. The number of aliphatic hydroxyl groups is 6. The molecule has 0 saturated heterocycles. The molecule has 5 amide bonds. The number of anilines is 1. The first-order valence-electron chi connectivity index (χ1n) is 11.7. The quantitative estimate of drug-likeness (QED) is 0.0580. The fourth-order valence-electron chi connectivity index (χ4n) is 3.06. The fourth-order valence-corrected chi connectivity index (χ4v) is 7.48. The first-order valence-corrected chi connectivity index (χ1v) is 15.0. The van der Waals surface area contributed by atoms with Gasteiger partial charge in [-0.05, 0) is 73.8 Å². The minimum atomic E-state index is -1.72. The van der Waals surface area contributed by atoms with Gasteiger partial charge in [-0.15, -0.1) is 0 Å². The first-order chi connectivity index (χ1) is 19.7. The molecular formula is C23H30I3N5O11. The minimum Gasteiger partial charge on any atom is -0.394 e. The van der Waals surface area contributed by atoms with Gasteiger partial charge in [0, 0.05) is 3.57 Å². The second-order valence-corrected chi connectivity index (χ2v) is 12.0. The van der Waals surface area contributed by atoms with Crippen molar-refractivity contribution in [2.75, 3.05) is 58.0 Å². The highest BCUT2D eigenvalue weighted by Crippen LogP contribution is 2.35. The van der Waals surface area contributed by atoms with E-state index in [0.29, 0.717) is 0 Å². The monoisotopic (exact) mass is 933 g/mol. The van der Waals surface area contributed by atoms with Crippen molar-refractivity contribution >= 4 is 103 Å². The van der Waals surface area contributed by atoms with Crippen LogP contribution in [0.4, 0.5) is 5.69 Å². The highest BCUT2D eigenvalue weighted by molar-refractivity contribution is 14.1. The zero-order chi connectivity index (χ0) is 32.3. The molecule has 0 radical (unpaired) electrons. The van der Waals surface area contributed by atoms with Crippen LogP contribution >= 0.6 is 67.8 Å². The molecule has 0 aliphatic rings. The molecule has 1 aromatic carbocycles. The Labute approximate surface area is 280 Å². The molecule has 1 aromatic rings. The van der Waals surface area contributed by atoms with Crippen molar-refractivity contribution in [2.45, 2.75) is 11.1 Å². The van der Waals surface area contributed by atoms with Crippen molar-refractivity contribution in [3.8, 4) is 0 Å². The Morgan fingerprint density at radius 2 is 0.976 bits per heavy atom. The van der Waals surface area contributed by atoms with Crippen LogP contribution in [0.5, 0.6) is 0 Å². The number of amides is 5. The third kappa shape index (κ3) is 9.63. The molecule has 0 aliphatic heterocycles. The molecule has 11 N–H and O–H groups in total. The zero-order valence-corrected chi connectivity index (χ0v) is 28.3. The Bertz CT molecular complexity index is 1110. The van der Waals surface area contributed by atoms with Gasteiger partial charge in [-0.3, -0.25) is 24.0 Å². The van der Waals surface area contributed by atoms with Gasteiger partial charge in [0.2, 0.25) is 17.7 Å². The maximum atomic E-state index is 13.2. The van der Waals surface area contributed by atoms with Crippen LogP contribution in [0.1, 0.15) is 20.7 Å². The summed E-state index contributed by atoms with van der Waals surface area (Å²) in [6.45, 7) is -2.62. The Morgan fingerprint density at radius 3 is 1.26 bits per heavy atom. The third-order valence-corrected chi connectivity index (χ3v) is 8.89. The van der Waals surface area contributed by atoms with Gasteiger partial charge in [-0.1, -0.05) is 6.58 Å². The van der Waals surface area contributed by atoms with E-state index in [1.165, 1.54) is 0 Å². The number of halogens is 3. The lowest BCUT2D eigenvalue weighted by Gasteiger charge is -2.28. The molecule has 234 valence electrons. The number of nitrogens with one attached hydrogen (secondary N) is 5. The summed E-state index contributed by atoms with van der Waals surface area (Å²) in [5, 5.41) is 68.0. The van der Waals surface area contributed by atoms with Gasteiger partial charge in [-0.2, -0.15) is 0 Å². The molecule has 0 heterocycles. The SMILES string of the molecule is C=CC(=O)Nc1c(I)c(C(=O)NCC(=O)NC(CO)(CO)CO)c(I)c(C(=O)NCC(=O)NC(CO)(CO)CO)c1I. The summed E-state index contributed by atoms with van der Waals surface area (Å²) in [7, 11) is 0. The van der Waals surface area contributed by atoms with Crippen molar-refractivity contribution in [3.05, 3.63) is 34.5 Å². The Kier molecular flexibility index (Phi) is 16.0. The summed E-state index contributed by atoms with van der Waals surface area (Å²) in [5.74, 6) is -4.07. The first kappa shape index (κ1) is 38.3. The summed E-state index contributed by atoms with van der Waals surface area (Å²) in [4.78, 5) is 63.3. The zero-order valence-electron chi connectivity index (χ0n) is 21.8. The summed E-state index contributed by atoms with van der Waals surface area (Å²) in [5.41, 5.74) is -3.62. The van der Waals surface area contributed by atoms with Gasteiger partial charge >= 0.3 is 0 Å². The van der Waals surface area contributed by atoms with Gasteiger partial charge in [0.05, 0.1) is 76.7 Å². The van der Waals surface area contributed by atoms with Crippen molar-refractivity contribution in [2.24, 2.45) is 0 Å². The van der Waals surface area contributed by atoms with E-state index in [1.54, 1.807) is 67.8 Å². The molecule has 0 bridgehead atoms. The molecule has 0 aliphatic carbocycles. The van der Waals surface area contributed by atoms with Crippen LogP contribution < -0.4 is 26.6 Å². The minimum absolute atomic E-state index is 0.0606. The average Bonchev–Trinajstić information content (AvgIpc) is 2.98. The van der Waals surface area contributed by atoms with Crippen LogP contribution in [0.25, 0.3) is 0 Å². The summed E-state index contributed by atoms with van der Waals surface area (Å²) in [6.07, 6.45) is 0.962. The summed E-state index contributed by atoms with van der Waals surface area (Å²) in [6, 6.07) is 0. The maximum Gasteiger partial charge on any atom is 0.253 e. The normalized spacial score (nSPS) is 11.4. The Morgan fingerprint density at radius 1 is 0.643 bits per heavy atom. The molecule has 0 aromatic heterocycles. The van der Waals surface area contributed by atoms with Crippen molar-refractivity contribution in [1.29, 1.82) is 0 Å².